The van der Waals surface area contributed by atoms with E-state index < -0.39 is 15.9 Å². The summed E-state index contributed by atoms with van der Waals surface area (Å²) in [5.41, 5.74) is 1.70. The number of ether oxygens (including phenoxy) is 1. The zero-order valence-electron chi connectivity index (χ0n) is 19.1. The van der Waals surface area contributed by atoms with Gasteiger partial charge in [0.05, 0.1) is 13.7 Å². The molecule has 4 aromatic carbocycles. The third-order valence-electron chi connectivity index (χ3n) is 5.62. The number of halogens is 1. The van der Waals surface area contributed by atoms with Crippen LogP contribution in [0.2, 0.25) is 5.02 Å². The molecule has 1 N–H and O–H groups in total. The Hall–Kier alpha value is -3.39. The molecule has 35 heavy (non-hydrogen) atoms. The summed E-state index contributed by atoms with van der Waals surface area (Å²) in [6.07, 6.45) is 0. The second-order valence-electron chi connectivity index (χ2n) is 7.97. The SMILES string of the molecule is COc1ccc(Cl)cc1S(=O)(=O)N(CC(=O)NCc1cccc2ccccc12)Cc1ccccc1. The summed E-state index contributed by atoms with van der Waals surface area (Å²) >= 11 is 6.10. The van der Waals surface area contributed by atoms with Crippen LogP contribution in [0.5, 0.6) is 5.75 Å². The number of sulfonamides is 1. The number of amides is 1. The molecule has 0 saturated carbocycles. The molecule has 0 fully saturated rings. The van der Waals surface area contributed by atoms with Crippen molar-refractivity contribution in [3.05, 3.63) is 107 Å². The maximum Gasteiger partial charge on any atom is 0.247 e. The number of hydrogen-bond acceptors (Lipinski definition) is 4. The molecule has 0 aliphatic heterocycles. The number of methoxy groups -OCH3 is 1. The van der Waals surface area contributed by atoms with Crippen LogP contribution in [0.25, 0.3) is 10.8 Å². The van der Waals surface area contributed by atoms with Gasteiger partial charge in [0.2, 0.25) is 15.9 Å². The molecule has 4 rings (SSSR count). The Morgan fingerprint density at radius 1 is 0.943 bits per heavy atom. The van der Waals surface area contributed by atoms with Gasteiger partial charge >= 0.3 is 0 Å². The Labute approximate surface area is 210 Å². The van der Waals surface area contributed by atoms with Crippen molar-refractivity contribution in [1.82, 2.24) is 9.62 Å². The molecular formula is C27H25ClN2O4S. The summed E-state index contributed by atoms with van der Waals surface area (Å²) in [5, 5.41) is 5.23. The van der Waals surface area contributed by atoms with Crippen LogP contribution in [0.4, 0.5) is 0 Å². The van der Waals surface area contributed by atoms with Crippen molar-refractivity contribution >= 4 is 38.3 Å². The lowest BCUT2D eigenvalue weighted by molar-refractivity contribution is -0.121. The van der Waals surface area contributed by atoms with E-state index in [1.807, 2.05) is 72.8 Å². The molecule has 180 valence electrons. The maximum absolute atomic E-state index is 13.7. The molecule has 0 aliphatic carbocycles. The fourth-order valence-corrected chi connectivity index (χ4v) is 5.66. The summed E-state index contributed by atoms with van der Waals surface area (Å²) in [6.45, 7) is -0.0713. The van der Waals surface area contributed by atoms with Gasteiger partial charge in [-0.3, -0.25) is 4.79 Å². The lowest BCUT2D eigenvalue weighted by atomic mass is 10.0. The number of fused-ring (bicyclic) bond motifs is 1. The average molecular weight is 509 g/mol. The number of nitrogens with zero attached hydrogens (tertiary/aromatic N) is 1. The molecule has 0 heterocycles. The van der Waals surface area contributed by atoms with Crippen LogP contribution < -0.4 is 10.1 Å². The van der Waals surface area contributed by atoms with Gasteiger partial charge in [-0.05, 0) is 40.1 Å². The largest absolute Gasteiger partial charge is 0.495 e. The van der Waals surface area contributed by atoms with E-state index in [9.17, 15) is 13.2 Å². The molecule has 0 spiro atoms. The van der Waals surface area contributed by atoms with Crippen molar-refractivity contribution in [3.63, 3.8) is 0 Å². The Kier molecular flexibility index (Phi) is 7.70. The first-order chi connectivity index (χ1) is 16.9. The molecule has 1 amide bonds. The van der Waals surface area contributed by atoms with Crippen molar-refractivity contribution in [2.75, 3.05) is 13.7 Å². The van der Waals surface area contributed by atoms with Crippen molar-refractivity contribution in [1.29, 1.82) is 0 Å². The molecule has 4 aromatic rings. The fraction of sp³-hybridized carbons (Fsp3) is 0.148. The average Bonchev–Trinajstić information content (AvgIpc) is 2.87. The summed E-state index contributed by atoms with van der Waals surface area (Å²) < 4.78 is 33.7. The summed E-state index contributed by atoms with van der Waals surface area (Å²) in [4.78, 5) is 12.9. The van der Waals surface area contributed by atoms with Gasteiger partial charge in [0.15, 0.2) is 0 Å². The normalized spacial score (nSPS) is 11.5. The molecular weight excluding hydrogens is 484 g/mol. The van der Waals surface area contributed by atoms with Crippen LogP contribution >= 0.6 is 11.6 Å². The number of carbonyl (C=O) groups excluding carboxylic acids is 1. The van der Waals surface area contributed by atoms with Gasteiger partial charge in [-0.15, -0.1) is 0 Å². The molecule has 0 radical (unpaired) electrons. The molecule has 0 aromatic heterocycles. The molecule has 0 saturated heterocycles. The van der Waals surface area contributed by atoms with E-state index >= 15 is 0 Å². The van der Waals surface area contributed by atoms with E-state index in [0.29, 0.717) is 0 Å². The third-order valence-corrected chi connectivity index (χ3v) is 7.67. The smallest absolute Gasteiger partial charge is 0.247 e. The Bertz CT molecular complexity index is 1440. The standard InChI is InChI=1S/C27H25ClN2O4S/c1-34-25-15-14-23(28)16-26(25)35(32,33)30(18-20-8-3-2-4-9-20)19-27(31)29-17-22-12-7-11-21-10-5-6-13-24(21)22/h2-16H,17-19H2,1H3,(H,29,31). The lowest BCUT2D eigenvalue weighted by Gasteiger charge is -2.23. The highest BCUT2D eigenvalue weighted by molar-refractivity contribution is 7.89. The molecule has 0 bridgehead atoms. The third kappa shape index (κ3) is 5.82. The maximum atomic E-state index is 13.7. The second kappa shape index (κ2) is 10.9. The predicted octanol–water partition coefficient (Wildman–Crippen LogP) is 5.01. The number of carbonyl (C=O) groups is 1. The number of hydrogen-bond donors (Lipinski definition) is 1. The van der Waals surface area contributed by atoms with Crippen molar-refractivity contribution in [3.8, 4) is 5.75 Å². The molecule has 6 nitrogen and oxygen atoms in total. The first kappa shape index (κ1) is 24.7. The first-order valence-corrected chi connectivity index (χ1v) is 12.8. The monoisotopic (exact) mass is 508 g/mol. The minimum atomic E-state index is -4.11. The van der Waals surface area contributed by atoms with Crippen molar-refractivity contribution in [2.24, 2.45) is 0 Å². The van der Waals surface area contributed by atoms with E-state index in [0.717, 1.165) is 26.2 Å². The lowest BCUT2D eigenvalue weighted by Crippen LogP contribution is -2.40. The molecule has 0 aliphatic rings. The van der Waals surface area contributed by atoms with Crippen LogP contribution in [-0.2, 0) is 27.9 Å². The van der Waals surface area contributed by atoms with Crippen molar-refractivity contribution in [2.45, 2.75) is 18.0 Å². The first-order valence-electron chi connectivity index (χ1n) is 11.0. The zero-order valence-corrected chi connectivity index (χ0v) is 20.7. The fourth-order valence-electron chi connectivity index (χ4n) is 3.86. The van der Waals surface area contributed by atoms with Gasteiger partial charge < -0.3 is 10.1 Å². The van der Waals surface area contributed by atoms with Gasteiger partial charge in [0.1, 0.15) is 10.6 Å². The number of rotatable bonds is 9. The molecule has 0 atom stereocenters. The number of benzene rings is 4. The Balaban J connectivity index is 1.59. The quantitative estimate of drug-likeness (QED) is 0.345. The van der Waals surface area contributed by atoms with Gasteiger partial charge in [0.25, 0.3) is 0 Å². The molecule has 8 heteroatoms. The minimum Gasteiger partial charge on any atom is -0.495 e. The van der Waals surface area contributed by atoms with Gasteiger partial charge in [0, 0.05) is 18.1 Å². The summed E-state index contributed by atoms with van der Waals surface area (Å²) in [7, 11) is -2.72. The van der Waals surface area contributed by atoms with Crippen LogP contribution in [-0.4, -0.2) is 32.3 Å². The van der Waals surface area contributed by atoms with Crippen LogP contribution in [0.3, 0.4) is 0 Å². The van der Waals surface area contributed by atoms with Gasteiger partial charge in [-0.25, -0.2) is 8.42 Å². The van der Waals surface area contributed by atoms with Gasteiger partial charge in [-0.2, -0.15) is 4.31 Å². The zero-order chi connectivity index (χ0) is 24.8. The minimum absolute atomic E-state index is 0.0144. The van der Waals surface area contributed by atoms with Crippen molar-refractivity contribution < 1.29 is 17.9 Å². The van der Waals surface area contributed by atoms with E-state index in [2.05, 4.69) is 5.32 Å². The Morgan fingerprint density at radius 3 is 2.43 bits per heavy atom. The van der Waals surface area contributed by atoms with Crippen LogP contribution in [0.1, 0.15) is 11.1 Å². The van der Waals surface area contributed by atoms with E-state index in [4.69, 9.17) is 16.3 Å². The van der Waals surface area contributed by atoms with E-state index in [1.165, 1.54) is 19.2 Å². The van der Waals surface area contributed by atoms with Crippen LogP contribution in [0, 0.1) is 0 Å². The van der Waals surface area contributed by atoms with Gasteiger partial charge in [-0.1, -0.05) is 84.4 Å². The molecule has 0 unspecified atom stereocenters. The predicted molar refractivity (Wildman–Crippen MR) is 138 cm³/mol. The summed E-state index contributed by atoms with van der Waals surface area (Å²) in [5.74, 6) is -0.262. The van der Waals surface area contributed by atoms with E-state index in [-0.39, 0.29) is 35.3 Å². The topological polar surface area (TPSA) is 75.7 Å². The highest BCUT2D eigenvalue weighted by Gasteiger charge is 2.30. The van der Waals surface area contributed by atoms with Crippen LogP contribution in [0.15, 0.2) is 95.9 Å². The summed E-state index contributed by atoms with van der Waals surface area (Å²) in [6, 6.07) is 27.3. The highest BCUT2D eigenvalue weighted by atomic mass is 35.5. The Morgan fingerprint density at radius 2 is 1.66 bits per heavy atom. The van der Waals surface area contributed by atoms with E-state index in [1.54, 1.807) is 6.07 Å². The highest BCUT2D eigenvalue weighted by Crippen LogP contribution is 2.30. The number of nitrogens with one attached hydrogen (secondary N) is 1. The second-order valence-corrected chi connectivity index (χ2v) is 10.3.